The van der Waals surface area contributed by atoms with E-state index < -0.39 is 0 Å². The number of anilines is 1. The Morgan fingerprint density at radius 3 is 3.06 bits per heavy atom. The van der Waals surface area contributed by atoms with Crippen LogP contribution in [0, 0.1) is 18.3 Å². The largest absolute Gasteiger partial charge is 0.378 e. The van der Waals surface area contributed by atoms with Crippen LogP contribution in [0.3, 0.4) is 0 Å². The zero-order chi connectivity index (χ0) is 12.3. The van der Waals surface area contributed by atoms with E-state index in [-0.39, 0.29) is 0 Å². The summed E-state index contributed by atoms with van der Waals surface area (Å²) in [6, 6.07) is 7.83. The normalized spacial score (nSPS) is 9.94. The van der Waals surface area contributed by atoms with Crippen molar-refractivity contribution in [2.45, 2.75) is 13.5 Å². The van der Waals surface area contributed by atoms with Crippen molar-refractivity contribution in [3.63, 3.8) is 0 Å². The Bertz CT molecular complexity index is 571. The minimum absolute atomic E-state index is 0.465. The van der Waals surface area contributed by atoms with Gasteiger partial charge in [-0.25, -0.2) is 4.98 Å². The lowest BCUT2D eigenvalue weighted by Crippen LogP contribution is -1.99. The van der Waals surface area contributed by atoms with Crippen LogP contribution in [0.5, 0.6) is 0 Å². The molecular weight excluding hydrogens is 254 g/mol. The van der Waals surface area contributed by atoms with Crippen LogP contribution in [0.25, 0.3) is 0 Å². The molecule has 0 saturated carbocycles. The number of aromatic nitrogens is 1. The number of hydrogen-bond donors (Lipinski definition) is 1. The highest BCUT2D eigenvalue weighted by Crippen LogP contribution is 2.22. The summed E-state index contributed by atoms with van der Waals surface area (Å²) in [6.07, 6.45) is 1.73. The van der Waals surface area contributed by atoms with Gasteiger partial charge in [-0.05, 0) is 30.7 Å². The number of rotatable bonds is 3. The topological polar surface area (TPSA) is 48.7 Å². The minimum Gasteiger partial charge on any atom is -0.378 e. The summed E-state index contributed by atoms with van der Waals surface area (Å²) in [5, 5.41) is 12.4. The van der Waals surface area contributed by atoms with Crippen molar-refractivity contribution in [2.24, 2.45) is 0 Å². The molecular formula is C12H10ClN3S. The Kier molecular flexibility index (Phi) is 3.62. The van der Waals surface area contributed by atoms with Crippen molar-refractivity contribution in [3.05, 3.63) is 44.9 Å². The lowest BCUT2D eigenvalue weighted by Gasteiger charge is -2.06. The standard InChI is InChI=1S/C12H10ClN3S/c1-8-4-11(12(13)16-6-8)15-7-10-3-2-9(5-14)17-10/h2-4,6,15H,7H2,1H3. The molecule has 0 aliphatic heterocycles. The zero-order valence-electron chi connectivity index (χ0n) is 9.20. The van der Waals surface area contributed by atoms with Gasteiger partial charge < -0.3 is 5.32 Å². The number of halogens is 1. The van der Waals surface area contributed by atoms with E-state index in [1.54, 1.807) is 6.20 Å². The molecule has 0 spiro atoms. The monoisotopic (exact) mass is 263 g/mol. The Balaban J connectivity index is 2.07. The predicted octanol–water partition coefficient (Wildman–Crippen LogP) is 3.59. The fraction of sp³-hybridized carbons (Fsp3) is 0.167. The molecule has 0 amide bonds. The van der Waals surface area contributed by atoms with Crippen LogP contribution >= 0.6 is 22.9 Å². The van der Waals surface area contributed by atoms with Crippen LogP contribution in [0.1, 0.15) is 15.3 Å². The van der Waals surface area contributed by atoms with E-state index in [4.69, 9.17) is 16.9 Å². The predicted molar refractivity (Wildman–Crippen MR) is 70.3 cm³/mol. The van der Waals surface area contributed by atoms with Gasteiger partial charge in [-0.15, -0.1) is 11.3 Å². The third-order valence-electron chi connectivity index (χ3n) is 2.20. The highest BCUT2D eigenvalue weighted by molar-refractivity contribution is 7.12. The Morgan fingerprint density at radius 2 is 2.35 bits per heavy atom. The summed E-state index contributed by atoms with van der Waals surface area (Å²) < 4.78 is 0. The Morgan fingerprint density at radius 1 is 1.53 bits per heavy atom. The number of nitrogens with one attached hydrogen (secondary N) is 1. The molecule has 0 fully saturated rings. The summed E-state index contributed by atoms with van der Waals surface area (Å²) in [5.74, 6) is 0. The van der Waals surface area contributed by atoms with E-state index in [0.29, 0.717) is 11.7 Å². The second-order valence-electron chi connectivity index (χ2n) is 3.58. The molecule has 2 aromatic rings. The van der Waals surface area contributed by atoms with Crippen molar-refractivity contribution >= 4 is 28.6 Å². The molecule has 0 unspecified atom stereocenters. The van der Waals surface area contributed by atoms with Gasteiger partial charge in [0.05, 0.1) is 5.69 Å². The zero-order valence-corrected chi connectivity index (χ0v) is 10.8. The van der Waals surface area contributed by atoms with Crippen LogP contribution in [-0.4, -0.2) is 4.98 Å². The third kappa shape index (κ3) is 2.96. The lowest BCUT2D eigenvalue weighted by atomic mass is 10.3. The van der Waals surface area contributed by atoms with E-state index in [9.17, 15) is 0 Å². The van der Waals surface area contributed by atoms with Crippen LogP contribution in [0.2, 0.25) is 5.15 Å². The molecule has 1 N–H and O–H groups in total. The lowest BCUT2D eigenvalue weighted by molar-refractivity contribution is 1.16. The van der Waals surface area contributed by atoms with Gasteiger partial charge in [-0.2, -0.15) is 5.26 Å². The molecule has 17 heavy (non-hydrogen) atoms. The van der Waals surface area contributed by atoms with Gasteiger partial charge in [0.15, 0.2) is 5.15 Å². The summed E-state index contributed by atoms with van der Waals surface area (Å²) in [4.78, 5) is 5.88. The first kappa shape index (κ1) is 11.9. The number of thiophene rings is 1. The van der Waals surface area contributed by atoms with Gasteiger partial charge in [0.1, 0.15) is 10.9 Å². The molecule has 5 heteroatoms. The second-order valence-corrected chi connectivity index (χ2v) is 5.11. The quantitative estimate of drug-likeness (QED) is 0.861. The summed E-state index contributed by atoms with van der Waals surface area (Å²) in [7, 11) is 0. The first-order chi connectivity index (χ1) is 8.19. The third-order valence-corrected chi connectivity index (χ3v) is 3.49. The highest BCUT2D eigenvalue weighted by Gasteiger charge is 2.03. The fourth-order valence-electron chi connectivity index (χ4n) is 1.39. The van der Waals surface area contributed by atoms with E-state index >= 15 is 0 Å². The molecule has 2 heterocycles. The molecule has 0 bridgehead atoms. The smallest absolute Gasteiger partial charge is 0.152 e. The highest BCUT2D eigenvalue weighted by atomic mass is 35.5. The maximum absolute atomic E-state index is 8.73. The molecule has 0 atom stereocenters. The number of nitrogens with zero attached hydrogens (tertiary/aromatic N) is 2. The minimum atomic E-state index is 0.465. The maximum atomic E-state index is 8.73. The average molecular weight is 264 g/mol. The molecule has 2 rings (SSSR count). The fourth-order valence-corrected chi connectivity index (χ4v) is 2.31. The molecule has 0 aliphatic carbocycles. The Hall–Kier alpha value is -1.57. The van der Waals surface area contributed by atoms with E-state index in [1.807, 2.05) is 25.1 Å². The number of hydrogen-bond acceptors (Lipinski definition) is 4. The van der Waals surface area contributed by atoms with Crippen molar-refractivity contribution in [3.8, 4) is 6.07 Å². The van der Waals surface area contributed by atoms with Crippen molar-refractivity contribution in [1.82, 2.24) is 4.98 Å². The van der Waals surface area contributed by atoms with E-state index in [0.717, 1.165) is 21.0 Å². The first-order valence-electron chi connectivity index (χ1n) is 5.04. The van der Waals surface area contributed by atoms with Gasteiger partial charge in [0, 0.05) is 17.6 Å². The van der Waals surface area contributed by atoms with Gasteiger partial charge in [0.25, 0.3) is 0 Å². The first-order valence-corrected chi connectivity index (χ1v) is 6.23. The van der Waals surface area contributed by atoms with Crippen LogP contribution < -0.4 is 5.32 Å². The van der Waals surface area contributed by atoms with Crippen molar-refractivity contribution < 1.29 is 0 Å². The van der Waals surface area contributed by atoms with Crippen LogP contribution in [-0.2, 0) is 6.54 Å². The number of pyridine rings is 1. The molecule has 0 aliphatic rings. The van der Waals surface area contributed by atoms with Crippen LogP contribution in [0.4, 0.5) is 5.69 Å². The summed E-state index contributed by atoms with van der Waals surface area (Å²) in [5.41, 5.74) is 1.87. The SMILES string of the molecule is Cc1cnc(Cl)c(NCc2ccc(C#N)s2)c1. The second kappa shape index (κ2) is 5.17. The molecule has 86 valence electrons. The van der Waals surface area contributed by atoms with Crippen molar-refractivity contribution in [2.75, 3.05) is 5.32 Å². The summed E-state index contributed by atoms with van der Waals surface area (Å²) >= 11 is 7.45. The summed E-state index contributed by atoms with van der Waals surface area (Å²) in [6.45, 7) is 2.62. The van der Waals surface area contributed by atoms with Gasteiger partial charge in [0.2, 0.25) is 0 Å². The molecule has 3 nitrogen and oxygen atoms in total. The molecule has 0 radical (unpaired) electrons. The van der Waals surface area contributed by atoms with Crippen molar-refractivity contribution in [1.29, 1.82) is 5.26 Å². The van der Waals surface area contributed by atoms with E-state index in [2.05, 4.69) is 16.4 Å². The van der Waals surface area contributed by atoms with Gasteiger partial charge in [-0.3, -0.25) is 0 Å². The Labute approximate surface area is 109 Å². The van der Waals surface area contributed by atoms with E-state index in [1.165, 1.54) is 11.3 Å². The average Bonchev–Trinajstić information content (AvgIpc) is 2.78. The number of nitriles is 1. The van der Waals surface area contributed by atoms with Gasteiger partial charge >= 0.3 is 0 Å². The molecule has 0 saturated heterocycles. The van der Waals surface area contributed by atoms with Crippen LogP contribution in [0.15, 0.2) is 24.4 Å². The molecule has 2 aromatic heterocycles. The van der Waals surface area contributed by atoms with Gasteiger partial charge in [-0.1, -0.05) is 11.6 Å². The number of aryl methyl sites for hydroxylation is 1. The molecule has 0 aromatic carbocycles. The maximum Gasteiger partial charge on any atom is 0.152 e.